The first kappa shape index (κ1) is 8.91. The van der Waals surface area contributed by atoms with Gasteiger partial charge in [0.15, 0.2) is 0 Å². The van der Waals surface area contributed by atoms with Gasteiger partial charge in [0.05, 0.1) is 22.9 Å². The molecule has 0 radical (unpaired) electrons. The summed E-state index contributed by atoms with van der Waals surface area (Å²) < 4.78 is 0. The Morgan fingerprint density at radius 1 is 1.36 bits per heavy atom. The summed E-state index contributed by atoms with van der Waals surface area (Å²) in [5.74, 6) is 0.417. The van der Waals surface area contributed by atoms with Gasteiger partial charge in [-0.25, -0.2) is 4.79 Å². The quantitative estimate of drug-likeness (QED) is 0.729. The highest BCUT2D eigenvalue weighted by molar-refractivity contribution is 7.99. The molecule has 5 heteroatoms. The van der Waals surface area contributed by atoms with Crippen LogP contribution in [0.5, 0.6) is 0 Å². The maximum atomic E-state index is 10.9. The topological polar surface area (TPSA) is 72.4 Å². The first-order chi connectivity index (χ1) is 6.79. The van der Waals surface area contributed by atoms with Gasteiger partial charge >= 0.3 is 5.69 Å². The number of H-pyrrole nitrogens is 2. The highest BCUT2D eigenvalue weighted by Gasteiger charge is 1.99. The minimum Gasteiger partial charge on any atom is -0.306 e. The molecule has 0 aliphatic rings. The molecule has 1 heterocycles. The lowest BCUT2D eigenvalue weighted by atomic mass is 10.3. The number of fused-ring (bicyclic) bond motifs is 1. The lowest BCUT2D eigenvalue weighted by Gasteiger charge is -1.95. The van der Waals surface area contributed by atoms with Gasteiger partial charge in [0, 0.05) is 4.90 Å². The smallest absolute Gasteiger partial charge is 0.306 e. The van der Waals surface area contributed by atoms with Crippen LogP contribution in [0.3, 0.4) is 0 Å². The van der Waals surface area contributed by atoms with Gasteiger partial charge in [-0.05, 0) is 18.2 Å². The minimum absolute atomic E-state index is 0.206. The van der Waals surface area contributed by atoms with Crippen LogP contribution >= 0.6 is 11.8 Å². The minimum atomic E-state index is -0.206. The number of nitrogens with one attached hydrogen (secondary N) is 2. The van der Waals surface area contributed by atoms with Crippen LogP contribution in [-0.2, 0) is 0 Å². The van der Waals surface area contributed by atoms with Crippen molar-refractivity contribution in [2.24, 2.45) is 0 Å². The van der Waals surface area contributed by atoms with Gasteiger partial charge in [-0.1, -0.05) is 0 Å². The van der Waals surface area contributed by atoms with E-state index in [1.807, 2.05) is 18.2 Å². The Labute approximate surface area is 83.9 Å². The third kappa shape index (κ3) is 1.65. The van der Waals surface area contributed by atoms with Gasteiger partial charge in [0.1, 0.15) is 0 Å². The third-order valence-corrected chi connectivity index (χ3v) is 2.65. The maximum absolute atomic E-state index is 10.9. The molecule has 70 valence electrons. The number of nitrogens with zero attached hydrogens (tertiary/aromatic N) is 1. The summed E-state index contributed by atoms with van der Waals surface area (Å²) in [4.78, 5) is 17.2. The fourth-order valence-electron chi connectivity index (χ4n) is 1.22. The molecular weight excluding hydrogens is 198 g/mol. The highest BCUT2D eigenvalue weighted by atomic mass is 32.2. The van der Waals surface area contributed by atoms with E-state index in [4.69, 9.17) is 5.26 Å². The van der Waals surface area contributed by atoms with Crippen molar-refractivity contribution in [2.75, 3.05) is 5.75 Å². The summed E-state index contributed by atoms with van der Waals surface area (Å²) in [6.45, 7) is 0. The molecule has 2 aromatic rings. The predicted molar refractivity (Wildman–Crippen MR) is 55.3 cm³/mol. The molecule has 0 aliphatic heterocycles. The predicted octanol–water partition coefficient (Wildman–Crippen LogP) is 1.47. The first-order valence-electron chi connectivity index (χ1n) is 4.01. The summed E-state index contributed by atoms with van der Waals surface area (Å²) in [7, 11) is 0. The highest BCUT2D eigenvalue weighted by Crippen LogP contribution is 2.20. The summed E-state index contributed by atoms with van der Waals surface area (Å²) in [5.41, 5.74) is 1.36. The average Bonchev–Trinajstić information content (AvgIpc) is 2.54. The van der Waals surface area contributed by atoms with Crippen LogP contribution < -0.4 is 5.69 Å². The molecule has 14 heavy (non-hydrogen) atoms. The molecule has 2 N–H and O–H groups in total. The van der Waals surface area contributed by atoms with E-state index in [0.29, 0.717) is 5.75 Å². The molecule has 0 spiro atoms. The number of hydrogen-bond donors (Lipinski definition) is 2. The maximum Gasteiger partial charge on any atom is 0.323 e. The van der Waals surface area contributed by atoms with Crippen molar-refractivity contribution < 1.29 is 0 Å². The molecule has 4 nitrogen and oxygen atoms in total. The lowest BCUT2D eigenvalue weighted by molar-refractivity contribution is 1.21. The fraction of sp³-hybridized carbons (Fsp3) is 0.111. The summed E-state index contributed by atoms with van der Waals surface area (Å²) in [5, 5.41) is 8.41. The van der Waals surface area contributed by atoms with Crippen LogP contribution in [0.2, 0.25) is 0 Å². The molecule has 0 saturated carbocycles. The lowest BCUT2D eigenvalue weighted by Crippen LogP contribution is -1.99. The zero-order valence-electron chi connectivity index (χ0n) is 7.20. The summed E-state index contributed by atoms with van der Waals surface area (Å²) in [6.07, 6.45) is 0. The van der Waals surface area contributed by atoms with Crippen molar-refractivity contribution in [1.29, 1.82) is 5.26 Å². The van der Waals surface area contributed by atoms with E-state index in [1.165, 1.54) is 11.8 Å². The molecule has 0 saturated heterocycles. The van der Waals surface area contributed by atoms with Crippen molar-refractivity contribution in [3.8, 4) is 6.07 Å². The molecular formula is C9H7N3OS. The summed E-state index contributed by atoms with van der Waals surface area (Å²) >= 11 is 1.45. The van der Waals surface area contributed by atoms with Gasteiger partial charge in [0.2, 0.25) is 0 Å². The number of imidazole rings is 1. The van der Waals surface area contributed by atoms with Gasteiger partial charge in [-0.3, -0.25) is 0 Å². The average molecular weight is 205 g/mol. The van der Waals surface area contributed by atoms with Crippen LogP contribution in [0, 0.1) is 11.3 Å². The Balaban J connectivity index is 2.41. The molecule has 0 unspecified atom stereocenters. The molecule has 0 amide bonds. The van der Waals surface area contributed by atoms with Crippen LogP contribution in [0.4, 0.5) is 0 Å². The van der Waals surface area contributed by atoms with E-state index >= 15 is 0 Å². The Morgan fingerprint density at radius 3 is 2.93 bits per heavy atom. The van der Waals surface area contributed by atoms with Crippen LogP contribution in [0.1, 0.15) is 0 Å². The van der Waals surface area contributed by atoms with Crippen molar-refractivity contribution in [2.45, 2.75) is 4.90 Å². The second kappa shape index (κ2) is 3.60. The Kier molecular flexibility index (Phi) is 2.29. The van der Waals surface area contributed by atoms with Crippen LogP contribution in [0.25, 0.3) is 11.0 Å². The van der Waals surface area contributed by atoms with Gasteiger partial charge in [0.25, 0.3) is 0 Å². The van der Waals surface area contributed by atoms with Gasteiger partial charge < -0.3 is 9.97 Å². The molecule has 0 fully saturated rings. The van der Waals surface area contributed by atoms with Crippen molar-refractivity contribution >= 4 is 22.8 Å². The van der Waals surface area contributed by atoms with E-state index in [9.17, 15) is 4.79 Å². The number of aromatic amines is 2. The van der Waals surface area contributed by atoms with E-state index < -0.39 is 0 Å². The molecule has 2 rings (SSSR count). The number of rotatable bonds is 2. The second-order valence-electron chi connectivity index (χ2n) is 2.73. The molecule has 0 bridgehead atoms. The normalized spacial score (nSPS) is 10.2. The number of hydrogen-bond acceptors (Lipinski definition) is 3. The molecule has 1 aromatic carbocycles. The molecule has 0 atom stereocenters. The summed E-state index contributed by atoms with van der Waals surface area (Å²) in [6, 6.07) is 7.62. The van der Waals surface area contributed by atoms with E-state index in [2.05, 4.69) is 16.0 Å². The zero-order valence-corrected chi connectivity index (χ0v) is 8.02. The van der Waals surface area contributed by atoms with Crippen molar-refractivity contribution in [1.82, 2.24) is 9.97 Å². The number of thioether (sulfide) groups is 1. The Hall–Kier alpha value is -1.67. The number of nitriles is 1. The van der Waals surface area contributed by atoms with Crippen molar-refractivity contribution in [3.63, 3.8) is 0 Å². The monoisotopic (exact) mass is 205 g/mol. The number of aromatic nitrogens is 2. The number of benzene rings is 1. The van der Waals surface area contributed by atoms with Crippen LogP contribution in [-0.4, -0.2) is 15.7 Å². The van der Waals surface area contributed by atoms with E-state index in [0.717, 1.165) is 15.9 Å². The van der Waals surface area contributed by atoms with Crippen LogP contribution in [0.15, 0.2) is 27.9 Å². The molecule has 1 aromatic heterocycles. The fourth-order valence-corrected chi connectivity index (χ4v) is 1.81. The van der Waals surface area contributed by atoms with E-state index in [1.54, 1.807) is 0 Å². The Morgan fingerprint density at radius 2 is 2.14 bits per heavy atom. The third-order valence-electron chi connectivity index (χ3n) is 1.79. The standard InChI is InChI=1S/C9H7N3OS/c10-3-4-14-6-1-2-7-8(5-6)12-9(13)11-7/h1-2,5H,4H2,(H2,11,12,13). The van der Waals surface area contributed by atoms with Crippen molar-refractivity contribution in [3.05, 3.63) is 28.7 Å². The van der Waals surface area contributed by atoms with E-state index in [-0.39, 0.29) is 5.69 Å². The largest absolute Gasteiger partial charge is 0.323 e. The SMILES string of the molecule is N#CCSc1ccc2[nH]c(=O)[nH]c2c1. The first-order valence-corrected chi connectivity index (χ1v) is 5.00. The van der Waals surface area contributed by atoms with Gasteiger partial charge in [-0.2, -0.15) is 5.26 Å². The Bertz CT molecular complexity index is 549. The second-order valence-corrected chi connectivity index (χ2v) is 3.78. The zero-order chi connectivity index (χ0) is 9.97. The van der Waals surface area contributed by atoms with Gasteiger partial charge in [-0.15, -0.1) is 11.8 Å². The molecule has 0 aliphatic carbocycles.